The molecule has 2 heterocycles. The van der Waals surface area contributed by atoms with Crippen LogP contribution in [0.15, 0.2) is 91.0 Å². The summed E-state index contributed by atoms with van der Waals surface area (Å²) in [5.41, 5.74) is 0. The molecule has 0 bridgehead atoms. The van der Waals surface area contributed by atoms with Crippen LogP contribution in [0.3, 0.4) is 0 Å². The second-order valence-corrected chi connectivity index (χ2v) is 17.5. The maximum atomic E-state index is 13.4. The van der Waals surface area contributed by atoms with E-state index in [1.807, 2.05) is 30.0 Å². The van der Waals surface area contributed by atoms with Gasteiger partial charge in [0.2, 0.25) is 0 Å². The molecule has 0 saturated carbocycles. The first kappa shape index (κ1) is 35.9. The molecule has 2 N–H and O–H groups in total. The van der Waals surface area contributed by atoms with E-state index in [1.54, 1.807) is 0 Å². The Morgan fingerprint density at radius 2 is 1.15 bits per heavy atom. The van der Waals surface area contributed by atoms with E-state index in [-0.39, 0.29) is 30.1 Å². The molecule has 7 nitrogen and oxygen atoms in total. The van der Waals surface area contributed by atoms with Gasteiger partial charge in [0.25, 0.3) is 0 Å². The molecule has 48 heavy (non-hydrogen) atoms. The van der Waals surface area contributed by atoms with Crippen LogP contribution in [0.2, 0.25) is 0 Å². The van der Waals surface area contributed by atoms with Gasteiger partial charge in [0, 0.05) is 17.4 Å². The number of fused-ring (bicyclic) bond motifs is 1. The van der Waals surface area contributed by atoms with Crippen LogP contribution >= 0.6 is 19.0 Å². The lowest BCUT2D eigenvalue weighted by molar-refractivity contribution is -0.144. The van der Waals surface area contributed by atoms with Crippen LogP contribution in [0.25, 0.3) is 0 Å². The lowest BCUT2D eigenvalue weighted by atomic mass is 10.0. The van der Waals surface area contributed by atoms with Crippen LogP contribution in [-0.4, -0.2) is 60.4 Å². The van der Waals surface area contributed by atoms with Crippen molar-refractivity contribution in [1.29, 1.82) is 0 Å². The molecule has 3 atom stereocenters. The average molecular weight is 690 g/mol. The first-order chi connectivity index (χ1) is 23.6. The number of hydrogen-bond donors (Lipinski definition) is 2. The van der Waals surface area contributed by atoms with Crippen LogP contribution in [0.5, 0.6) is 0 Å². The van der Waals surface area contributed by atoms with Gasteiger partial charge in [-0.3, -0.25) is 4.79 Å². The average Bonchev–Trinajstić information content (AvgIpc) is 3.68. The molecule has 0 radical (unpaired) electrons. The zero-order valence-corrected chi connectivity index (χ0v) is 29.6. The largest absolute Gasteiger partial charge is 0.466 e. The van der Waals surface area contributed by atoms with E-state index >= 15 is 0 Å². The highest BCUT2D eigenvalue weighted by molar-refractivity contribution is 8.00. The second-order valence-electron chi connectivity index (χ2n) is 12.8. The number of carbonyl (C=O) groups is 3. The van der Waals surface area contributed by atoms with E-state index in [2.05, 4.69) is 83.4 Å². The highest BCUT2D eigenvalue weighted by Crippen LogP contribution is 2.55. The number of benzene rings is 3. The van der Waals surface area contributed by atoms with E-state index in [0.29, 0.717) is 31.0 Å². The minimum Gasteiger partial charge on any atom is -0.466 e. The van der Waals surface area contributed by atoms with Gasteiger partial charge in [0.15, 0.2) is 6.16 Å². The predicted molar refractivity (Wildman–Crippen MR) is 198 cm³/mol. The Morgan fingerprint density at radius 3 is 1.69 bits per heavy atom. The Morgan fingerprint density at radius 1 is 0.646 bits per heavy atom. The van der Waals surface area contributed by atoms with Crippen LogP contribution in [0.1, 0.15) is 70.6 Å². The highest BCUT2D eigenvalue weighted by atomic mass is 32.2. The summed E-state index contributed by atoms with van der Waals surface area (Å²) in [6.45, 7) is 0.940. The third-order valence-corrected chi connectivity index (χ3v) is 15.1. The third kappa shape index (κ3) is 10.1. The minimum atomic E-state index is -2.23. The molecule has 2 saturated heterocycles. The number of carbonyl (C=O) groups excluding carboxylic acids is 3. The number of unbranched alkanes of at least 4 members (excludes halogenated alkanes) is 7. The summed E-state index contributed by atoms with van der Waals surface area (Å²) in [4.78, 5) is 37.0. The van der Waals surface area contributed by atoms with Gasteiger partial charge >= 0.3 is 18.0 Å². The molecule has 3 aromatic rings. The van der Waals surface area contributed by atoms with Crippen molar-refractivity contribution >= 4 is 52.9 Å². The van der Waals surface area contributed by atoms with Crippen molar-refractivity contribution in [3.8, 4) is 0 Å². The normalized spacial score (nSPS) is 18.5. The molecule has 0 aliphatic carbocycles. The Labute approximate surface area is 290 Å². The van der Waals surface area contributed by atoms with Crippen molar-refractivity contribution in [3.05, 3.63) is 91.0 Å². The summed E-state index contributed by atoms with van der Waals surface area (Å²) in [7, 11) is -2.23. The molecular weight excluding hydrogens is 639 g/mol. The standard InChI is InChI=1S/C39H49N2O5PS/c42-36(26-16-15-25-35-38-34(30-48-35)40-39(44)41-38)45-27-17-4-2-1-3-5-18-28-46-37(43)29-47(31-19-9-6-10-20-31,32-21-11-7-12-22-32)33-23-13-8-14-24-33/h6-14,19-24,34-35,38H,1-5,15-18,25-30H2,(H-,40,41,44)/p+1/t34-,35-,38-/m0/s1. The lowest BCUT2D eigenvalue weighted by Crippen LogP contribution is -2.36. The molecule has 0 unspecified atom stereocenters. The van der Waals surface area contributed by atoms with Crippen molar-refractivity contribution in [1.82, 2.24) is 10.6 Å². The van der Waals surface area contributed by atoms with Gasteiger partial charge in [-0.05, 0) is 62.1 Å². The fourth-order valence-corrected chi connectivity index (χ4v) is 12.3. The van der Waals surface area contributed by atoms with Gasteiger partial charge < -0.3 is 20.1 Å². The predicted octanol–water partition coefficient (Wildman–Crippen LogP) is 6.52. The van der Waals surface area contributed by atoms with Crippen molar-refractivity contribution in [2.24, 2.45) is 0 Å². The van der Waals surface area contributed by atoms with Crippen LogP contribution in [0, 0.1) is 0 Å². The Balaban J connectivity index is 0.923. The Kier molecular flexibility index (Phi) is 14.2. The summed E-state index contributed by atoms with van der Waals surface area (Å²) in [5.74, 6) is 0.721. The van der Waals surface area contributed by atoms with Gasteiger partial charge in [-0.15, -0.1) is 0 Å². The molecule has 256 valence electrons. The van der Waals surface area contributed by atoms with Gasteiger partial charge in [-0.2, -0.15) is 11.8 Å². The minimum absolute atomic E-state index is 0.0529. The fourth-order valence-electron chi connectivity index (χ4n) is 6.80. The lowest BCUT2D eigenvalue weighted by Gasteiger charge is -2.26. The van der Waals surface area contributed by atoms with Gasteiger partial charge in [0.1, 0.15) is 23.2 Å². The van der Waals surface area contributed by atoms with Crippen LogP contribution in [0.4, 0.5) is 4.79 Å². The van der Waals surface area contributed by atoms with E-state index in [4.69, 9.17) is 9.47 Å². The molecule has 3 aromatic carbocycles. The van der Waals surface area contributed by atoms with Gasteiger partial charge in [-0.25, -0.2) is 9.59 Å². The Bertz CT molecular complexity index is 1330. The summed E-state index contributed by atoms with van der Waals surface area (Å²) in [6, 6.07) is 31.7. The number of urea groups is 1. The van der Waals surface area contributed by atoms with Crippen molar-refractivity contribution < 1.29 is 23.9 Å². The number of ether oxygens (including phenoxy) is 2. The van der Waals surface area contributed by atoms with Crippen molar-refractivity contribution in [2.45, 2.75) is 88.0 Å². The molecular formula is C39H50N2O5PS+. The molecule has 2 aliphatic rings. The number of rotatable bonds is 20. The zero-order chi connectivity index (χ0) is 33.4. The molecule has 0 spiro atoms. The number of hydrogen-bond acceptors (Lipinski definition) is 6. The summed E-state index contributed by atoms with van der Waals surface area (Å²) >= 11 is 1.91. The van der Waals surface area contributed by atoms with Crippen LogP contribution < -0.4 is 26.5 Å². The highest BCUT2D eigenvalue weighted by Gasteiger charge is 2.48. The van der Waals surface area contributed by atoms with Crippen LogP contribution in [-0.2, 0) is 19.1 Å². The first-order valence-corrected chi connectivity index (χ1v) is 20.6. The number of esters is 2. The monoisotopic (exact) mass is 689 g/mol. The summed E-state index contributed by atoms with van der Waals surface area (Å²) in [6.07, 6.45) is 10.8. The topological polar surface area (TPSA) is 93.7 Å². The summed E-state index contributed by atoms with van der Waals surface area (Å²) < 4.78 is 11.3. The SMILES string of the molecule is O=C1N[C@H]2[C@H](CS[C@H]2CCCCC(=O)OCCCCCCCCCOC(=O)C[P+](c2ccccc2)(c2ccccc2)c2ccccc2)N1. The number of thioether (sulfide) groups is 1. The van der Waals surface area contributed by atoms with E-state index in [9.17, 15) is 14.4 Å². The van der Waals surface area contributed by atoms with Gasteiger partial charge in [0.05, 0.1) is 25.3 Å². The molecule has 5 rings (SSSR count). The van der Waals surface area contributed by atoms with Gasteiger partial charge in [-0.1, -0.05) is 93.1 Å². The van der Waals surface area contributed by atoms with E-state index in [0.717, 1.165) is 70.0 Å². The first-order valence-electron chi connectivity index (χ1n) is 17.6. The zero-order valence-electron chi connectivity index (χ0n) is 27.9. The second kappa shape index (κ2) is 19.0. The van der Waals surface area contributed by atoms with E-state index < -0.39 is 7.26 Å². The number of amides is 2. The van der Waals surface area contributed by atoms with E-state index in [1.165, 1.54) is 15.9 Å². The van der Waals surface area contributed by atoms with Crippen molar-refractivity contribution in [2.75, 3.05) is 25.1 Å². The molecule has 2 aliphatic heterocycles. The smallest absolute Gasteiger partial charge is 0.345 e. The van der Waals surface area contributed by atoms with Crippen molar-refractivity contribution in [3.63, 3.8) is 0 Å². The maximum Gasteiger partial charge on any atom is 0.345 e. The molecule has 2 amide bonds. The Hall–Kier alpha value is -3.35. The number of nitrogens with one attached hydrogen (secondary N) is 2. The quantitative estimate of drug-likeness (QED) is 0.0608. The fraction of sp³-hybridized carbons (Fsp3) is 0.462. The molecule has 2 fully saturated rings. The molecule has 0 aromatic heterocycles. The summed E-state index contributed by atoms with van der Waals surface area (Å²) in [5, 5.41) is 9.97. The molecule has 9 heteroatoms. The third-order valence-electron chi connectivity index (χ3n) is 9.33. The maximum absolute atomic E-state index is 13.4.